The zero-order chi connectivity index (χ0) is 14.4. The van der Waals surface area contributed by atoms with E-state index in [1.165, 1.54) is 11.1 Å². The first-order valence-electron chi connectivity index (χ1n) is 7.62. The number of aryl methyl sites for hydroxylation is 1. The van der Waals surface area contributed by atoms with E-state index in [4.69, 9.17) is 0 Å². The molecule has 4 nitrogen and oxygen atoms in total. The molecule has 0 bridgehead atoms. The number of nitrogens with zero attached hydrogens (tertiary/aromatic N) is 1. The number of hydrogen-bond acceptors (Lipinski definition) is 2. The number of nitrogens with one attached hydrogen (secondary N) is 2. The summed E-state index contributed by atoms with van der Waals surface area (Å²) in [6, 6.07) is 8.58. The third kappa shape index (κ3) is 2.06. The molecule has 1 fully saturated rings. The van der Waals surface area contributed by atoms with E-state index in [1.807, 2.05) is 13.1 Å². The van der Waals surface area contributed by atoms with Crippen molar-refractivity contribution in [3.63, 3.8) is 0 Å². The Kier molecular flexibility index (Phi) is 2.84. The van der Waals surface area contributed by atoms with E-state index >= 15 is 0 Å². The molecule has 4 heteroatoms. The molecular weight excluding hydrogens is 262 g/mol. The molecule has 0 saturated heterocycles. The van der Waals surface area contributed by atoms with Gasteiger partial charge in [0.05, 0.1) is 12.2 Å². The Hall–Kier alpha value is -2.10. The molecule has 1 saturated carbocycles. The highest BCUT2D eigenvalue weighted by Crippen LogP contribution is 2.59. The van der Waals surface area contributed by atoms with Crippen LogP contribution in [0.3, 0.4) is 0 Å². The van der Waals surface area contributed by atoms with E-state index in [-0.39, 0.29) is 17.9 Å². The Morgan fingerprint density at radius 1 is 1.43 bits per heavy atom. The summed E-state index contributed by atoms with van der Waals surface area (Å²) in [6.07, 6.45) is 5.85. The van der Waals surface area contributed by atoms with Gasteiger partial charge < -0.3 is 5.32 Å². The molecule has 2 aromatic rings. The van der Waals surface area contributed by atoms with Crippen molar-refractivity contribution >= 4 is 5.91 Å². The largest absolute Gasteiger partial charge is 0.349 e. The second-order valence-corrected chi connectivity index (χ2v) is 6.21. The van der Waals surface area contributed by atoms with Crippen LogP contribution in [0.4, 0.5) is 0 Å². The third-order valence-electron chi connectivity index (χ3n) is 5.01. The molecule has 1 heterocycles. The van der Waals surface area contributed by atoms with Crippen molar-refractivity contribution in [1.29, 1.82) is 0 Å². The van der Waals surface area contributed by atoms with Gasteiger partial charge in [-0.1, -0.05) is 24.3 Å². The average molecular weight is 281 g/mol. The zero-order valence-corrected chi connectivity index (χ0v) is 12.0. The SMILES string of the molecule is CC(NC(=O)C1C2CCc3ccccc3C21)c1cn[nH]c1. The molecule has 2 N–H and O–H groups in total. The smallest absolute Gasteiger partial charge is 0.224 e. The molecule has 1 aromatic carbocycles. The number of H-pyrrole nitrogens is 1. The van der Waals surface area contributed by atoms with E-state index in [2.05, 4.69) is 39.8 Å². The lowest BCUT2D eigenvalue weighted by molar-refractivity contribution is -0.123. The fourth-order valence-electron chi connectivity index (χ4n) is 3.81. The number of amides is 1. The van der Waals surface area contributed by atoms with Gasteiger partial charge in [0.2, 0.25) is 5.91 Å². The molecule has 4 unspecified atom stereocenters. The van der Waals surface area contributed by atoms with Crippen LogP contribution in [0.1, 0.15) is 42.0 Å². The topological polar surface area (TPSA) is 57.8 Å². The van der Waals surface area contributed by atoms with Crippen LogP contribution in [0.2, 0.25) is 0 Å². The number of benzene rings is 1. The van der Waals surface area contributed by atoms with Crippen molar-refractivity contribution in [2.75, 3.05) is 0 Å². The minimum absolute atomic E-state index is 0.00847. The summed E-state index contributed by atoms with van der Waals surface area (Å²) in [5.41, 5.74) is 3.84. The molecule has 0 aliphatic heterocycles. The number of carbonyl (C=O) groups is 1. The van der Waals surface area contributed by atoms with Crippen LogP contribution in [0.5, 0.6) is 0 Å². The van der Waals surface area contributed by atoms with Crippen LogP contribution in [0, 0.1) is 11.8 Å². The quantitative estimate of drug-likeness (QED) is 0.908. The summed E-state index contributed by atoms with van der Waals surface area (Å²) in [4.78, 5) is 12.5. The van der Waals surface area contributed by atoms with Crippen LogP contribution < -0.4 is 5.32 Å². The first-order chi connectivity index (χ1) is 10.3. The fraction of sp³-hybridized carbons (Fsp3) is 0.412. The number of aromatic nitrogens is 2. The number of hydrogen-bond donors (Lipinski definition) is 2. The summed E-state index contributed by atoms with van der Waals surface area (Å²) in [5, 5.41) is 9.86. The van der Waals surface area contributed by atoms with Crippen LogP contribution in [0.15, 0.2) is 36.7 Å². The highest BCUT2D eigenvalue weighted by Gasteiger charge is 2.57. The molecule has 2 aliphatic rings. The molecule has 21 heavy (non-hydrogen) atoms. The number of aromatic amines is 1. The van der Waals surface area contributed by atoms with Gasteiger partial charge in [0, 0.05) is 17.7 Å². The van der Waals surface area contributed by atoms with Gasteiger partial charge in [0.25, 0.3) is 0 Å². The molecule has 4 rings (SSSR count). The standard InChI is InChI=1S/C17H19N3O/c1-10(12-8-18-19-9-12)20-17(21)16-14-7-6-11-4-2-3-5-13(11)15(14)16/h2-5,8-10,14-16H,6-7H2,1H3,(H,18,19)(H,20,21). The van der Waals surface area contributed by atoms with Gasteiger partial charge in [-0.05, 0) is 42.7 Å². The Morgan fingerprint density at radius 2 is 2.29 bits per heavy atom. The summed E-state index contributed by atoms with van der Waals surface area (Å²) >= 11 is 0. The van der Waals surface area contributed by atoms with Gasteiger partial charge in [-0.25, -0.2) is 0 Å². The van der Waals surface area contributed by atoms with Gasteiger partial charge in [-0.15, -0.1) is 0 Å². The van der Waals surface area contributed by atoms with Crippen LogP contribution >= 0.6 is 0 Å². The normalized spacial score (nSPS) is 27.4. The maximum atomic E-state index is 12.5. The number of fused-ring (bicyclic) bond motifs is 3. The van der Waals surface area contributed by atoms with Crippen LogP contribution in [-0.4, -0.2) is 16.1 Å². The molecule has 0 spiro atoms. The number of carbonyl (C=O) groups excluding carboxylic acids is 1. The van der Waals surface area contributed by atoms with Crippen molar-refractivity contribution in [2.45, 2.75) is 31.7 Å². The Bertz CT molecular complexity index is 664. The maximum Gasteiger partial charge on any atom is 0.224 e. The van der Waals surface area contributed by atoms with E-state index in [0.29, 0.717) is 11.8 Å². The second-order valence-electron chi connectivity index (χ2n) is 6.21. The van der Waals surface area contributed by atoms with E-state index in [9.17, 15) is 4.79 Å². The highest BCUT2D eigenvalue weighted by atomic mass is 16.2. The zero-order valence-electron chi connectivity index (χ0n) is 12.0. The Labute approximate surface area is 124 Å². The van der Waals surface area contributed by atoms with E-state index in [0.717, 1.165) is 18.4 Å². The first kappa shape index (κ1) is 12.6. The van der Waals surface area contributed by atoms with Crippen molar-refractivity contribution in [2.24, 2.45) is 11.8 Å². The molecule has 108 valence electrons. The summed E-state index contributed by atoms with van der Waals surface area (Å²) in [6.45, 7) is 2.00. The first-order valence-corrected chi connectivity index (χ1v) is 7.62. The van der Waals surface area contributed by atoms with Crippen LogP contribution in [0.25, 0.3) is 0 Å². The van der Waals surface area contributed by atoms with Gasteiger partial charge >= 0.3 is 0 Å². The van der Waals surface area contributed by atoms with Gasteiger partial charge in [-0.2, -0.15) is 5.10 Å². The van der Waals surface area contributed by atoms with Crippen LogP contribution in [-0.2, 0) is 11.2 Å². The van der Waals surface area contributed by atoms with E-state index < -0.39 is 0 Å². The molecule has 4 atom stereocenters. The van der Waals surface area contributed by atoms with Crippen molar-refractivity contribution in [3.8, 4) is 0 Å². The predicted molar refractivity (Wildman–Crippen MR) is 79.6 cm³/mol. The molecule has 2 aliphatic carbocycles. The minimum Gasteiger partial charge on any atom is -0.349 e. The van der Waals surface area contributed by atoms with Crippen molar-refractivity contribution in [1.82, 2.24) is 15.5 Å². The summed E-state index contributed by atoms with van der Waals surface area (Å²) < 4.78 is 0. The monoisotopic (exact) mass is 281 g/mol. The predicted octanol–water partition coefficient (Wildman–Crippen LogP) is 2.56. The van der Waals surface area contributed by atoms with Crippen molar-refractivity contribution < 1.29 is 4.79 Å². The average Bonchev–Trinajstić information content (AvgIpc) is 2.99. The maximum absolute atomic E-state index is 12.5. The lowest BCUT2D eigenvalue weighted by Gasteiger charge is -2.13. The highest BCUT2D eigenvalue weighted by molar-refractivity contribution is 5.84. The van der Waals surface area contributed by atoms with E-state index in [1.54, 1.807) is 6.20 Å². The molecular formula is C17H19N3O. The summed E-state index contributed by atoms with van der Waals surface area (Å²) in [5.74, 6) is 1.32. The fourth-order valence-corrected chi connectivity index (χ4v) is 3.81. The van der Waals surface area contributed by atoms with Gasteiger partial charge in [0.15, 0.2) is 0 Å². The molecule has 1 aromatic heterocycles. The Balaban J connectivity index is 1.48. The van der Waals surface area contributed by atoms with Gasteiger partial charge in [-0.3, -0.25) is 9.89 Å². The Morgan fingerprint density at radius 3 is 3.10 bits per heavy atom. The lowest BCUT2D eigenvalue weighted by Crippen LogP contribution is -2.28. The molecule has 1 amide bonds. The minimum atomic E-state index is 0.00847. The molecule has 0 radical (unpaired) electrons. The third-order valence-corrected chi connectivity index (χ3v) is 5.01. The van der Waals surface area contributed by atoms with Gasteiger partial charge in [0.1, 0.15) is 0 Å². The number of rotatable bonds is 3. The lowest BCUT2D eigenvalue weighted by atomic mass is 9.92. The second kappa shape index (κ2) is 4.72. The van der Waals surface area contributed by atoms with Crippen molar-refractivity contribution in [3.05, 3.63) is 53.3 Å². The summed E-state index contributed by atoms with van der Waals surface area (Å²) in [7, 11) is 0.